The number of sulfonamides is 1. The van der Waals surface area contributed by atoms with Crippen molar-refractivity contribution in [2.24, 2.45) is 0 Å². The van der Waals surface area contributed by atoms with Crippen LogP contribution >= 0.6 is 0 Å². The molecule has 1 aromatic carbocycles. The molecule has 1 saturated heterocycles. The Labute approximate surface area is 151 Å². The molecule has 8 nitrogen and oxygen atoms in total. The Morgan fingerprint density at radius 3 is 2.62 bits per heavy atom. The van der Waals surface area contributed by atoms with Crippen LogP contribution < -0.4 is 0 Å². The first-order valence-electron chi connectivity index (χ1n) is 8.43. The topological polar surface area (TPSA) is 90.5 Å². The zero-order valence-electron chi connectivity index (χ0n) is 14.7. The van der Waals surface area contributed by atoms with Gasteiger partial charge in [-0.25, -0.2) is 13.4 Å². The molecular formula is C17H20N4O4S. The second-order valence-electron chi connectivity index (χ2n) is 6.25. The monoisotopic (exact) mass is 376 g/mol. The van der Waals surface area contributed by atoms with Gasteiger partial charge in [0.1, 0.15) is 17.0 Å². The van der Waals surface area contributed by atoms with E-state index in [1.807, 2.05) is 24.3 Å². The minimum Gasteiger partial charge on any atom is -0.439 e. The van der Waals surface area contributed by atoms with E-state index in [4.69, 9.17) is 9.15 Å². The first kappa shape index (κ1) is 17.2. The van der Waals surface area contributed by atoms with Crippen LogP contribution in [0.5, 0.6) is 0 Å². The first-order valence-corrected chi connectivity index (χ1v) is 9.87. The molecule has 1 aliphatic rings. The summed E-state index contributed by atoms with van der Waals surface area (Å²) in [6.07, 6.45) is 0. The molecule has 0 amide bonds. The molecule has 0 N–H and O–H groups in total. The molecule has 138 valence electrons. The summed E-state index contributed by atoms with van der Waals surface area (Å²) in [6.45, 7) is 5.29. The Morgan fingerprint density at radius 1 is 1.15 bits per heavy atom. The number of hydrogen-bond acceptors (Lipinski definition) is 6. The van der Waals surface area contributed by atoms with Crippen LogP contribution in [0.4, 0.5) is 0 Å². The maximum absolute atomic E-state index is 13.0. The lowest BCUT2D eigenvalue weighted by Gasteiger charge is -2.26. The summed E-state index contributed by atoms with van der Waals surface area (Å²) < 4.78 is 40.1. The Bertz CT molecular complexity index is 1020. The Balaban J connectivity index is 1.67. The average Bonchev–Trinajstić information content (AvgIpc) is 3.16. The highest BCUT2D eigenvalue weighted by molar-refractivity contribution is 7.89. The van der Waals surface area contributed by atoms with Crippen molar-refractivity contribution in [3.05, 3.63) is 41.5 Å². The zero-order chi connectivity index (χ0) is 18.3. The molecule has 0 unspecified atom stereocenters. The molecule has 3 heterocycles. The summed E-state index contributed by atoms with van der Waals surface area (Å²) in [5, 5.41) is 4.42. The molecule has 0 aliphatic carbocycles. The smallest absolute Gasteiger partial charge is 0.246 e. The van der Waals surface area contributed by atoms with E-state index in [2.05, 4.69) is 10.1 Å². The lowest BCUT2D eigenvalue weighted by atomic mass is 10.3. The fourth-order valence-electron chi connectivity index (χ4n) is 3.24. The Kier molecular flexibility index (Phi) is 4.29. The zero-order valence-corrected chi connectivity index (χ0v) is 15.5. The molecule has 0 bridgehead atoms. The van der Waals surface area contributed by atoms with Gasteiger partial charge in [0.25, 0.3) is 0 Å². The first-order chi connectivity index (χ1) is 12.5. The maximum Gasteiger partial charge on any atom is 0.246 e. The third-order valence-corrected chi connectivity index (χ3v) is 6.66. The maximum atomic E-state index is 13.0. The van der Waals surface area contributed by atoms with Gasteiger partial charge in [-0.3, -0.25) is 4.68 Å². The summed E-state index contributed by atoms with van der Waals surface area (Å²) in [5.41, 5.74) is 2.52. The molecule has 3 aromatic rings. The van der Waals surface area contributed by atoms with Crippen LogP contribution in [0, 0.1) is 13.8 Å². The van der Waals surface area contributed by atoms with Gasteiger partial charge >= 0.3 is 0 Å². The van der Waals surface area contributed by atoms with Gasteiger partial charge in [0, 0.05) is 13.1 Å². The number of benzene rings is 1. The normalized spacial score (nSPS) is 16.4. The summed E-state index contributed by atoms with van der Waals surface area (Å²) >= 11 is 0. The van der Waals surface area contributed by atoms with Crippen LogP contribution in [-0.2, 0) is 21.3 Å². The van der Waals surface area contributed by atoms with Gasteiger partial charge in [0.2, 0.25) is 15.9 Å². The fourth-order valence-corrected chi connectivity index (χ4v) is 5.02. The molecule has 0 spiro atoms. The molecule has 4 rings (SSSR count). The summed E-state index contributed by atoms with van der Waals surface area (Å²) in [5.74, 6) is 0.493. The van der Waals surface area contributed by atoms with Crippen molar-refractivity contribution in [1.82, 2.24) is 19.1 Å². The minimum absolute atomic E-state index is 0.260. The Morgan fingerprint density at radius 2 is 1.88 bits per heavy atom. The number of fused-ring (bicyclic) bond motifs is 1. The van der Waals surface area contributed by atoms with Crippen molar-refractivity contribution in [3.8, 4) is 0 Å². The third kappa shape index (κ3) is 2.91. The van der Waals surface area contributed by atoms with Crippen molar-refractivity contribution in [2.75, 3.05) is 26.3 Å². The van der Waals surface area contributed by atoms with Crippen LogP contribution in [0.1, 0.15) is 17.3 Å². The van der Waals surface area contributed by atoms with Crippen LogP contribution in [0.2, 0.25) is 0 Å². The lowest BCUT2D eigenvalue weighted by molar-refractivity contribution is 0.0730. The van der Waals surface area contributed by atoms with Gasteiger partial charge in [-0.1, -0.05) is 12.1 Å². The predicted octanol–water partition coefficient (Wildman–Crippen LogP) is 1.71. The quantitative estimate of drug-likeness (QED) is 0.688. The van der Waals surface area contributed by atoms with E-state index in [9.17, 15) is 8.42 Å². The van der Waals surface area contributed by atoms with Gasteiger partial charge in [-0.05, 0) is 26.0 Å². The molecule has 9 heteroatoms. The molecule has 0 radical (unpaired) electrons. The number of aryl methyl sites for hydroxylation is 1. The number of morpholine rings is 1. The van der Waals surface area contributed by atoms with E-state index < -0.39 is 10.0 Å². The number of nitrogens with zero attached hydrogens (tertiary/aromatic N) is 4. The number of aromatic nitrogens is 3. The van der Waals surface area contributed by atoms with Crippen LogP contribution in [-0.4, -0.2) is 53.8 Å². The molecule has 0 saturated carbocycles. The van der Waals surface area contributed by atoms with E-state index in [0.717, 1.165) is 5.52 Å². The molecule has 26 heavy (non-hydrogen) atoms. The fraction of sp³-hybridized carbons (Fsp3) is 0.412. The molecule has 0 atom stereocenters. The molecule has 1 fully saturated rings. The largest absolute Gasteiger partial charge is 0.439 e. The average molecular weight is 376 g/mol. The number of para-hydroxylation sites is 2. The van der Waals surface area contributed by atoms with Crippen LogP contribution in [0.3, 0.4) is 0 Å². The lowest BCUT2D eigenvalue weighted by Crippen LogP contribution is -2.41. The Hall–Kier alpha value is -2.23. The number of oxazole rings is 1. The van der Waals surface area contributed by atoms with E-state index in [1.165, 1.54) is 4.31 Å². The molecular weight excluding hydrogens is 356 g/mol. The van der Waals surface area contributed by atoms with Crippen LogP contribution in [0.25, 0.3) is 11.1 Å². The standard InChI is InChI=1S/C17H20N4O4S/c1-12-17(26(22,23)20-7-9-24-10-8-20)13(2)21(19-12)11-16-18-14-5-3-4-6-15(14)25-16/h3-6H,7-11H2,1-2H3. The van der Waals surface area contributed by atoms with Crippen molar-refractivity contribution >= 4 is 21.1 Å². The second-order valence-corrected chi connectivity index (χ2v) is 8.12. The van der Waals surface area contributed by atoms with E-state index in [0.29, 0.717) is 49.2 Å². The molecule has 2 aromatic heterocycles. The summed E-state index contributed by atoms with van der Waals surface area (Å²) in [6, 6.07) is 7.50. The van der Waals surface area contributed by atoms with Gasteiger partial charge in [0.15, 0.2) is 5.58 Å². The summed E-state index contributed by atoms with van der Waals surface area (Å²) in [4.78, 5) is 4.70. The van der Waals surface area contributed by atoms with Gasteiger partial charge in [-0.15, -0.1) is 0 Å². The minimum atomic E-state index is -3.60. The van der Waals surface area contributed by atoms with E-state index in [1.54, 1.807) is 18.5 Å². The summed E-state index contributed by atoms with van der Waals surface area (Å²) in [7, 11) is -3.60. The predicted molar refractivity (Wildman–Crippen MR) is 94.4 cm³/mol. The number of rotatable bonds is 4. The van der Waals surface area contributed by atoms with Crippen molar-refractivity contribution in [2.45, 2.75) is 25.3 Å². The van der Waals surface area contributed by atoms with Gasteiger partial charge < -0.3 is 9.15 Å². The number of hydrogen-bond donors (Lipinski definition) is 0. The SMILES string of the molecule is Cc1nn(Cc2nc3ccccc3o2)c(C)c1S(=O)(=O)N1CCOCC1. The highest BCUT2D eigenvalue weighted by Crippen LogP contribution is 2.25. The van der Waals surface area contributed by atoms with E-state index >= 15 is 0 Å². The van der Waals surface area contributed by atoms with Crippen molar-refractivity contribution in [3.63, 3.8) is 0 Å². The second kappa shape index (κ2) is 6.49. The van der Waals surface area contributed by atoms with E-state index in [-0.39, 0.29) is 11.4 Å². The van der Waals surface area contributed by atoms with Crippen LogP contribution in [0.15, 0.2) is 33.6 Å². The van der Waals surface area contributed by atoms with Gasteiger partial charge in [0.05, 0.1) is 24.6 Å². The highest BCUT2D eigenvalue weighted by Gasteiger charge is 2.32. The van der Waals surface area contributed by atoms with Gasteiger partial charge in [-0.2, -0.15) is 9.40 Å². The van der Waals surface area contributed by atoms with Crippen molar-refractivity contribution < 1.29 is 17.6 Å². The van der Waals surface area contributed by atoms with Crippen molar-refractivity contribution in [1.29, 1.82) is 0 Å². The molecule has 1 aliphatic heterocycles. The highest BCUT2D eigenvalue weighted by atomic mass is 32.2. The third-order valence-electron chi connectivity index (χ3n) is 4.51. The number of ether oxygens (including phenoxy) is 1.